The number of rotatable bonds is 9. The molecule has 0 saturated heterocycles. The van der Waals surface area contributed by atoms with E-state index in [4.69, 9.17) is 13.9 Å². The Morgan fingerprint density at radius 3 is 2.39 bits per heavy atom. The topological polar surface area (TPSA) is 60.7 Å². The van der Waals surface area contributed by atoms with Crippen molar-refractivity contribution in [1.29, 1.82) is 0 Å². The molecule has 0 aliphatic heterocycles. The number of allylic oxidation sites excluding steroid dienone is 1. The normalized spacial score (nSPS) is 11.5. The van der Waals surface area contributed by atoms with Crippen LogP contribution in [0.4, 0.5) is 5.69 Å². The zero-order chi connectivity index (χ0) is 25.7. The zero-order valence-corrected chi connectivity index (χ0v) is 21.6. The summed E-state index contributed by atoms with van der Waals surface area (Å²) in [4.78, 5) is 12.8. The summed E-state index contributed by atoms with van der Waals surface area (Å²) in [6.07, 6.45) is 6.76. The van der Waals surface area contributed by atoms with Crippen molar-refractivity contribution < 1.29 is 18.7 Å². The summed E-state index contributed by atoms with van der Waals surface area (Å²) in [7, 11) is 3.29. The molecule has 36 heavy (non-hydrogen) atoms. The van der Waals surface area contributed by atoms with Crippen LogP contribution < -0.4 is 14.8 Å². The number of fused-ring (bicyclic) bond motifs is 1. The van der Waals surface area contributed by atoms with Gasteiger partial charge in [-0.1, -0.05) is 37.6 Å². The second-order valence-electron chi connectivity index (χ2n) is 8.95. The van der Waals surface area contributed by atoms with Crippen LogP contribution in [0.3, 0.4) is 0 Å². The first-order valence-electron chi connectivity index (χ1n) is 12.3. The lowest BCUT2D eigenvalue weighted by atomic mass is 9.96. The van der Waals surface area contributed by atoms with Crippen LogP contribution in [0.5, 0.6) is 11.5 Å². The Balaban J connectivity index is 1.64. The van der Waals surface area contributed by atoms with Gasteiger partial charge in [-0.25, -0.2) is 0 Å². The number of anilines is 1. The highest BCUT2D eigenvalue weighted by atomic mass is 16.5. The van der Waals surface area contributed by atoms with Crippen LogP contribution >= 0.6 is 0 Å². The van der Waals surface area contributed by atoms with Gasteiger partial charge in [-0.2, -0.15) is 0 Å². The molecule has 0 spiro atoms. The standard InChI is InChI=1S/C31H33NO4/c1-6-7-8-22-9-13-24(14-10-22)32-29(33)17-20(2)26-18-27-28(23-11-15-25(34-4)16-12-23)19-36-31(27)21(3)30(26)35-5/h9-19H,6-8H2,1-5H3,(H,32,33)/b20-17+. The summed E-state index contributed by atoms with van der Waals surface area (Å²) in [5.41, 5.74) is 7.36. The molecule has 1 aromatic heterocycles. The zero-order valence-electron chi connectivity index (χ0n) is 21.6. The Morgan fingerprint density at radius 1 is 1.03 bits per heavy atom. The number of unbranched alkanes of at least 4 members (excludes halogenated alkanes) is 1. The summed E-state index contributed by atoms with van der Waals surface area (Å²) < 4.78 is 17.0. The number of methoxy groups -OCH3 is 2. The molecule has 0 radical (unpaired) electrons. The van der Waals surface area contributed by atoms with Crippen molar-refractivity contribution in [1.82, 2.24) is 0 Å². The number of hydrogen-bond donors (Lipinski definition) is 1. The highest BCUT2D eigenvalue weighted by molar-refractivity contribution is 6.06. The highest BCUT2D eigenvalue weighted by Gasteiger charge is 2.19. The third kappa shape index (κ3) is 5.30. The summed E-state index contributed by atoms with van der Waals surface area (Å²) in [6, 6.07) is 18.0. The molecule has 0 aliphatic carbocycles. The van der Waals surface area contributed by atoms with E-state index in [0.717, 1.165) is 69.5 Å². The van der Waals surface area contributed by atoms with E-state index < -0.39 is 0 Å². The first-order valence-corrected chi connectivity index (χ1v) is 12.3. The molecule has 4 rings (SSSR count). The molecule has 0 bridgehead atoms. The fourth-order valence-electron chi connectivity index (χ4n) is 4.45. The quantitative estimate of drug-likeness (QED) is 0.247. The van der Waals surface area contributed by atoms with Crippen molar-refractivity contribution in [2.75, 3.05) is 19.5 Å². The van der Waals surface area contributed by atoms with Crippen molar-refractivity contribution >= 4 is 28.1 Å². The lowest BCUT2D eigenvalue weighted by Gasteiger charge is -2.13. The van der Waals surface area contributed by atoms with Crippen molar-refractivity contribution in [3.8, 4) is 22.6 Å². The van der Waals surface area contributed by atoms with E-state index in [2.05, 4.69) is 24.4 Å². The monoisotopic (exact) mass is 483 g/mol. The Kier molecular flexibility index (Phi) is 7.79. The maximum Gasteiger partial charge on any atom is 0.248 e. The summed E-state index contributed by atoms with van der Waals surface area (Å²) in [6.45, 7) is 6.08. The van der Waals surface area contributed by atoms with Gasteiger partial charge in [0, 0.05) is 33.8 Å². The Hall–Kier alpha value is -3.99. The smallest absolute Gasteiger partial charge is 0.248 e. The van der Waals surface area contributed by atoms with Crippen LogP contribution in [0.2, 0.25) is 0 Å². The number of furan rings is 1. The predicted molar refractivity (Wildman–Crippen MR) is 147 cm³/mol. The van der Waals surface area contributed by atoms with Crippen LogP contribution in [0.1, 0.15) is 43.4 Å². The number of ether oxygens (including phenoxy) is 2. The number of benzene rings is 3. The number of hydrogen-bond acceptors (Lipinski definition) is 4. The van der Waals surface area contributed by atoms with Crippen LogP contribution in [-0.4, -0.2) is 20.1 Å². The van der Waals surface area contributed by atoms with Gasteiger partial charge in [-0.3, -0.25) is 4.79 Å². The fourth-order valence-corrected chi connectivity index (χ4v) is 4.45. The second-order valence-corrected chi connectivity index (χ2v) is 8.95. The molecule has 1 heterocycles. The Morgan fingerprint density at radius 2 is 1.75 bits per heavy atom. The van der Waals surface area contributed by atoms with Gasteiger partial charge in [-0.15, -0.1) is 0 Å². The summed E-state index contributed by atoms with van der Waals surface area (Å²) >= 11 is 0. The van der Waals surface area contributed by atoms with Crippen LogP contribution in [0.15, 0.2) is 71.4 Å². The molecule has 0 saturated carbocycles. The number of carbonyl (C=O) groups is 1. The third-order valence-electron chi connectivity index (χ3n) is 6.46. The van der Waals surface area contributed by atoms with Gasteiger partial charge >= 0.3 is 0 Å². The molecule has 5 heteroatoms. The molecule has 0 atom stereocenters. The average Bonchev–Trinajstić information content (AvgIpc) is 3.32. The number of nitrogens with one attached hydrogen (secondary N) is 1. The molecule has 1 amide bonds. The third-order valence-corrected chi connectivity index (χ3v) is 6.46. The number of amides is 1. The predicted octanol–water partition coefficient (Wildman–Crippen LogP) is 7.81. The summed E-state index contributed by atoms with van der Waals surface area (Å²) in [5, 5.41) is 3.93. The molecule has 0 unspecified atom stereocenters. The van der Waals surface area contributed by atoms with Gasteiger partial charge in [-0.05, 0) is 73.7 Å². The second kappa shape index (κ2) is 11.2. The van der Waals surface area contributed by atoms with E-state index in [-0.39, 0.29) is 5.91 Å². The fraction of sp³-hybridized carbons (Fsp3) is 0.258. The minimum absolute atomic E-state index is 0.184. The Bertz CT molecular complexity index is 1380. The average molecular weight is 484 g/mol. The molecule has 186 valence electrons. The largest absolute Gasteiger partial charge is 0.497 e. The Labute approximate surface area is 212 Å². The number of aryl methyl sites for hydroxylation is 2. The van der Waals surface area contributed by atoms with E-state index in [1.54, 1.807) is 26.6 Å². The van der Waals surface area contributed by atoms with Crippen LogP contribution in [-0.2, 0) is 11.2 Å². The first kappa shape index (κ1) is 25.1. The highest BCUT2D eigenvalue weighted by Crippen LogP contribution is 2.40. The van der Waals surface area contributed by atoms with E-state index in [0.29, 0.717) is 5.75 Å². The van der Waals surface area contributed by atoms with E-state index in [9.17, 15) is 4.79 Å². The van der Waals surface area contributed by atoms with Gasteiger partial charge in [0.25, 0.3) is 0 Å². The maximum atomic E-state index is 12.8. The summed E-state index contributed by atoms with van der Waals surface area (Å²) in [5.74, 6) is 1.31. The van der Waals surface area contributed by atoms with E-state index in [1.807, 2.05) is 56.3 Å². The van der Waals surface area contributed by atoms with Gasteiger partial charge in [0.2, 0.25) is 5.91 Å². The van der Waals surface area contributed by atoms with Gasteiger partial charge in [0.15, 0.2) is 0 Å². The van der Waals surface area contributed by atoms with Gasteiger partial charge in [0.05, 0.1) is 20.5 Å². The van der Waals surface area contributed by atoms with E-state index >= 15 is 0 Å². The first-order chi connectivity index (χ1) is 17.4. The molecule has 4 aromatic rings. The van der Waals surface area contributed by atoms with Crippen molar-refractivity contribution in [2.24, 2.45) is 0 Å². The van der Waals surface area contributed by atoms with E-state index in [1.165, 1.54) is 5.56 Å². The molecular weight excluding hydrogens is 450 g/mol. The molecule has 1 N–H and O–H groups in total. The minimum atomic E-state index is -0.184. The lowest BCUT2D eigenvalue weighted by Crippen LogP contribution is -2.08. The maximum absolute atomic E-state index is 12.8. The van der Waals surface area contributed by atoms with Crippen molar-refractivity contribution in [3.63, 3.8) is 0 Å². The molecular formula is C31H33NO4. The molecule has 0 aliphatic rings. The van der Waals surface area contributed by atoms with Crippen molar-refractivity contribution in [3.05, 3.63) is 83.6 Å². The molecule has 5 nitrogen and oxygen atoms in total. The lowest BCUT2D eigenvalue weighted by molar-refractivity contribution is -0.111. The minimum Gasteiger partial charge on any atom is -0.497 e. The van der Waals surface area contributed by atoms with Crippen LogP contribution in [0, 0.1) is 6.92 Å². The van der Waals surface area contributed by atoms with Crippen molar-refractivity contribution in [2.45, 2.75) is 40.0 Å². The SMILES string of the molecule is CCCCc1ccc(NC(=O)/C=C(\C)c2cc3c(-c4ccc(OC)cc4)coc3c(C)c2OC)cc1. The van der Waals surface area contributed by atoms with Gasteiger partial charge in [0.1, 0.15) is 17.1 Å². The molecule has 0 fully saturated rings. The van der Waals surface area contributed by atoms with Crippen LogP contribution in [0.25, 0.3) is 27.7 Å². The van der Waals surface area contributed by atoms with Gasteiger partial charge < -0.3 is 19.2 Å². The molecule has 3 aromatic carbocycles. The number of carbonyl (C=O) groups excluding carboxylic acids is 1.